The van der Waals surface area contributed by atoms with E-state index in [1.165, 1.54) is 4.31 Å². The molecule has 0 spiro atoms. The van der Waals surface area contributed by atoms with Crippen LogP contribution in [0, 0.1) is 20.8 Å². The number of imidazole rings is 1. The summed E-state index contributed by atoms with van der Waals surface area (Å²) in [6.45, 7) is 6.57. The minimum Gasteiger partial charge on any atom is -0.354 e. The van der Waals surface area contributed by atoms with Crippen LogP contribution in [-0.4, -0.2) is 37.0 Å². The maximum atomic E-state index is 13.5. The van der Waals surface area contributed by atoms with Crippen LogP contribution in [0.25, 0.3) is 0 Å². The van der Waals surface area contributed by atoms with E-state index in [9.17, 15) is 13.2 Å². The lowest BCUT2D eigenvalue weighted by atomic mass is 10.1. The summed E-state index contributed by atoms with van der Waals surface area (Å²) in [7, 11) is -3.91. The van der Waals surface area contributed by atoms with Crippen molar-refractivity contribution in [3.8, 4) is 0 Å². The predicted molar refractivity (Wildman–Crippen MR) is 121 cm³/mol. The number of rotatable bonds is 9. The second-order valence-electron chi connectivity index (χ2n) is 7.55. The van der Waals surface area contributed by atoms with Crippen LogP contribution in [0.4, 0.5) is 5.69 Å². The van der Waals surface area contributed by atoms with Crippen molar-refractivity contribution in [2.24, 2.45) is 0 Å². The van der Waals surface area contributed by atoms with E-state index >= 15 is 0 Å². The Bertz CT molecular complexity index is 1120. The number of hydrogen-bond donors (Lipinski definition) is 1. The van der Waals surface area contributed by atoms with Crippen molar-refractivity contribution < 1.29 is 13.2 Å². The lowest BCUT2D eigenvalue weighted by Crippen LogP contribution is -2.41. The van der Waals surface area contributed by atoms with E-state index in [0.29, 0.717) is 12.2 Å². The molecule has 1 N–H and O–H groups in total. The van der Waals surface area contributed by atoms with Crippen molar-refractivity contribution in [2.75, 3.05) is 17.4 Å². The molecule has 164 valence electrons. The van der Waals surface area contributed by atoms with E-state index in [1.54, 1.807) is 48.9 Å². The summed E-state index contributed by atoms with van der Waals surface area (Å²) in [6, 6.07) is 12.1. The van der Waals surface area contributed by atoms with E-state index in [-0.39, 0.29) is 17.3 Å². The van der Waals surface area contributed by atoms with E-state index in [2.05, 4.69) is 10.3 Å². The zero-order chi connectivity index (χ0) is 22.4. The first kappa shape index (κ1) is 22.6. The number of aromatic nitrogens is 2. The highest BCUT2D eigenvalue weighted by Gasteiger charge is 2.28. The highest BCUT2D eigenvalue weighted by molar-refractivity contribution is 7.92. The van der Waals surface area contributed by atoms with Crippen LogP contribution in [0.15, 0.2) is 66.1 Å². The fraction of sp³-hybridized carbons (Fsp3) is 0.304. The number of carbonyl (C=O) groups excluding carboxylic acids is 1. The first-order valence-electron chi connectivity index (χ1n) is 10.2. The van der Waals surface area contributed by atoms with Gasteiger partial charge in [0.1, 0.15) is 6.54 Å². The quantitative estimate of drug-likeness (QED) is 0.518. The van der Waals surface area contributed by atoms with Crippen LogP contribution in [0.5, 0.6) is 0 Å². The Morgan fingerprint density at radius 3 is 2.52 bits per heavy atom. The number of benzene rings is 2. The summed E-state index contributed by atoms with van der Waals surface area (Å²) in [5.74, 6) is -0.345. The third-order valence-electron chi connectivity index (χ3n) is 5.22. The molecule has 3 rings (SSSR count). The van der Waals surface area contributed by atoms with Crippen LogP contribution in [0.3, 0.4) is 0 Å². The van der Waals surface area contributed by atoms with E-state index in [0.717, 1.165) is 29.7 Å². The van der Waals surface area contributed by atoms with E-state index in [1.807, 2.05) is 37.6 Å². The molecule has 0 aliphatic heterocycles. The maximum absolute atomic E-state index is 13.5. The molecular weight excluding hydrogens is 412 g/mol. The fourth-order valence-corrected chi connectivity index (χ4v) is 4.72. The van der Waals surface area contributed by atoms with Gasteiger partial charge in [-0.2, -0.15) is 0 Å². The summed E-state index contributed by atoms with van der Waals surface area (Å²) in [5.41, 5.74) is 3.26. The smallest absolute Gasteiger partial charge is 0.264 e. The third kappa shape index (κ3) is 5.52. The van der Waals surface area contributed by atoms with Gasteiger partial charge < -0.3 is 9.88 Å². The topological polar surface area (TPSA) is 84.3 Å². The largest absolute Gasteiger partial charge is 0.354 e. The van der Waals surface area contributed by atoms with Gasteiger partial charge in [0.15, 0.2) is 0 Å². The van der Waals surface area contributed by atoms with Crippen LogP contribution >= 0.6 is 0 Å². The number of sulfonamides is 1. The monoisotopic (exact) mass is 440 g/mol. The molecule has 0 aliphatic carbocycles. The predicted octanol–water partition coefficient (Wildman–Crippen LogP) is 3.21. The molecule has 0 atom stereocenters. The van der Waals surface area contributed by atoms with Crippen LogP contribution < -0.4 is 9.62 Å². The average molecular weight is 441 g/mol. The molecule has 31 heavy (non-hydrogen) atoms. The number of carbonyl (C=O) groups is 1. The van der Waals surface area contributed by atoms with Crippen molar-refractivity contribution in [1.82, 2.24) is 14.9 Å². The fourth-order valence-electron chi connectivity index (χ4n) is 3.24. The third-order valence-corrected chi connectivity index (χ3v) is 6.99. The van der Waals surface area contributed by atoms with Gasteiger partial charge in [0, 0.05) is 25.5 Å². The Balaban J connectivity index is 1.79. The standard InChI is InChI=1S/C23H28N4O3S/c1-18-8-10-21(11-9-18)31(29,30)27(22-7-4-6-19(2)20(22)3)16-23(28)25-12-5-14-26-15-13-24-17-26/h4,6-11,13,15,17H,5,12,14,16H2,1-3H3,(H,25,28). The lowest BCUT2D eigenvalue weighted by Gasteiger charge is -2.26. The molecule has 2 aromatic carbocycles. The molecule has 1 amide bonds. The molecule has 3 aromatic rings. The molecule has 0 bridgehead atoms. The Hall–Kier alpha value is -3.13. The number of amides is 1. The highest BCUT2D eigenvalue weighted by Crippen LogP contribution is 2.28. The van der Waals surface area contributed by atoms with Gasteiger partial charge in [0.25, 0.3) is 10.0 Å². The van der Waals surface area contributed by atoms with Crippen LogP contribution in [0.2, 0.25) is 0 Å². The second kappa shape index (κ2) is 9.78. The van der Waals surface area contributed by atoms with Gasteiger partial charge in [0.2, 0.25) is 5.91 Å². The van der Waals surface area contributed by atoms with Gasteiger partial charge in [-0.25, -0.2) is 13.4 Å². The maximum Gasteiger partial charge on any atom is 0.264 e. The minimum absolute atomic E-state index is 0.159. The van der Waals surface area contributed by atoms with Gasteiger partial charge in [-0.1, -0.05) is 29.8 Å². The number of anilines is 1. The molecule has 0 aliphatic rings. The van der Waals surface area contributed by atoms with Gasteiger partial charge in [-0.3, -0.25) is 9.10 Å². The average Bonchev–Trinajstić information content (AvgIpc) is 3.25. The van der Waals surface area contributed by atoms with E-state index < -0.39 is 10.0 Å². The summed E-state index contributed by atoms with van der Waals surface area (Å²) < 4.78 is 30.1. The Kier molecular flexibility index (Phi) is 7.12. The molecule has 0 fully saturated rings. The van der Waals surface area contributed by atoms with Crippen molar-refractivity contribution in [3.05, 3.63) is 77.9 Å². The van der Waals surface area contributed by atoms with Gasteiger partial charge in [-0.15, -0.1) is 0 Å². The summed E-state index contributed by atoms with van der Waals surface area (Å²) >= 11 is 0. The molecule has 7 nitrogen and oxygen atoms in total. The van der Waals surface area contributed by atoms with Gasteiger partial charge >= 0.3 is 0 Å². The first-order valence-corrected chi connectivity index (χ1v) is 11.6. The van der Waals surface area contributed by atoms with Gasteiger partial charge in [-0.05, 0) is 56.5 Å². The molecule has 0 saturated carbocycles. The van der Waals surface area contributed by atoms with E-state index in [4.69, 9.17) is 0 Å². The second-order valence-corrected chi connectivity index (χ2v) is 9.41. The van der Waals surface area contributed by atoms with Crippen molar-refractivity contribution in [2.45, 2.75) is 38.6 Å². The van der Waals surface area contributed by atoms with Crippen LogP contribution in [0.1, 0.15) is 23.1 Å². The highest BCUT2D eigenvalue weighted by atomic mass is 32.2. The SMILES string of the molecule is Cc1ccc(S(=O)(=O)N(CC(=O)NCCCn2ccnc2)c2cccc(C)c2C)cc1. The Labute approximate surface area is 183 Å². The molecule has 0 saturated heterocycles. The molecule has 8 heteroatoms. The zero-order valence-corrected chi connectivity index (χ0v) is 18.9. The van der Waals surface area contributed by atoms with Crippen LogP contribution in [-0.2, 0) is 21.4 Å². The zero-order valence-electron chi connectivity index (χ0n) is 18.1. The number of hydrogen-bond acceptors (Lipinski definition) is 4. The first-order chi connectivity index (χ1) is 14.8. The summed E-state index contributed by atoms with van der Waals surface area (Å²) in [5, 5.41) is 2.83. The normalized spacial score (nSPS) is 11.3. The van der Waals surface area contributed by atoms with Gasteiger partial charge in [0.05, 0.1) is 16.9 Å². The molecule has 0 unspecified atom stereocenters. The molecule has 1 heterocycles. The van der Waals surface area contributed by atoms with Crippen molar-refractivity contribution >= 4 is 21.6 Å². The summed E-state index contributed by atoms with van der Waals surface area (Å²) in [4.78, 5) is 16.8. The lowest BCUT2D eigenvalue weighted by molar-refractivity contribution is -0.119. The summed E-state index contributed by atoms with van der Waals surface area (Å²) in [6.07, 6.45) is 6.00. The number of nitrogens with one attached hydrogen (secondary N) is 1. The van der Waals surface area contributed by atoms with Crippen molar-refractivity contribution in [1.29, 1.82) is 0 Å². The molecule has 0 radical (unpaired) electrons. The Morgan fingerprint density at radius 2 is 1.84 bits per heavy atom. The molecular formula is C23H28N4O3S. The minimum atomic E-state index is -3.91. The Morgan fingerprint density at radius 1 is 1.10 bits per heavy atom. The van der Waals surface area contributed by atoms with Crippen molar-refractivity contribution in [3.63, 3.8) is 0 Å². The molecule has 1 aromatic heterocycles. The number of aryl methyl sites for hydroxylation is 3. The number of nitrogens with zero attached hydrogens (tertiary/aromatic N) is 3.